The van der Waals surface area contributed by atoms with Crippen molar-refractivity contribution in [2.45, 2.75) is 6.54 Å². The summed E-state index contributed by atoms with van der Waals surface area (Å²) in [5, 5.41) is 1.07. The lowest BCUT2D eigenvalue weighted by Gasteiger charge is -2.16. The monoisotopic (exact) mass is 522 g/mol. The van der Waals surface area contributed by atoms with Crippen molar-refractivity contribution in [3.63, 3.8) is 0 Å². The maximum Gasteiger partial charge on any atom is 0.176 e. The smallest absolute Gasteiger partial charge is 0.176 e. The minimum absolute atomic E-state index is 0.608. The number of benzene rings is 4. The van der Waals surface area contributed by atoms with E-state index < -0.39 is 0 Å². The van der Waals surface area contributed by atoms with Crippen LogP contribution in [0, 0.1) is 0 Å². The molecular weight excluding hydrogens is 496 g/mol. The van der Waals surface area contributed by atoms with Gasteiger partial charge in [0.2, 0.25) is 0 Å². The van der Waals surface area contributed by atoms with E-state index in [-0.39, 0.29) is 0 Å². The summed E-state index contributed by atoms with van der Waals surface area (Å²) in [6.45, 7) is 0.668. The number of ether oxygens (including phenoxy) is 1. The first-order chi connectivity index (χ1) is 19.8. The van der Waals surface area contributed by atoms with Crippen LogP contribution in [-0.2, 0) is 6.54 Å². The van der Waals surface area contributed by atoms with Crippen molar-refractivity contribution in [1.29, 1.82) is 0 Å². The van der Waals surface area contributed by atoms with E-state index in [1.807, 2.05) is 53.4 Å². The third-order valence-corrected chi connectivity index (χ3v) is 7.10. The van der Waals surface area contributed by atoms with Crippen molar-refractivity contribution >= 4 is 27.9 Å². The molecule has 0 aliphatic heterocycles. The topological polar surface area (TPSA) is 69.8 Å². The van der Waals surface area contributed by atoms with Crippen LogP contribution in [0.4, 0.5) is 5.82 Å². The molecule has 40 heavy (non-hydrogen) atoms. The molecule has 0 atom stereocenters. The Hall–Kier alpha value is -5.43. The summed E-state index contributed by atoms with van der Waals surface area (Å²) in [7, 11) is 1.70. The number of para-hydroxylation sites is 1. The molecule has 7 aromatic rings. The summed E-state index contributed by atoms with van der Waals surface area (Å²) in [6.07, 6.45) is 3.40. The fourth-order valence-corrected chi connectivity index (χ4v) is 5.31. The summed E-state index contributed by atoms with van der Waals surface area (Å²) in [5.41, 5.74) is 11.4. The molecule has 0 bridgehead atoms. The Morgan fingerprint density at radius 2 is 1.43 bits per heavy atom. The molecule has 7 nitrogen and oxygen atoms in total. The summed E-state index contributed by atoms with van der Waals surface area (Å²) in [6, 6.07) is 37.2. The number of methoxy groups -OCH3 is 1. The number of hydrogen-bond donors (Lipinski definition) is 1. The summed E-state index contributed by atoms with van der Waals surface area (Å²) in [4.78, 5) is 14.0. The number of hydrogen-bond acceptors (Lipinski definition) is 5. The molecule has 0 radical (unpaired) electrons. The van der Waals surface area contributed by atoms with Gasteiger partial charge in [-0.2, -0.15) is 0 Å². The van der Waals surface area contributed by atoms with E-state index in [2.05, 4.69) is 86.8 Å². The maximum atomic E-state index is 5.89. The van der Waals surface area contributed by atoms with Crippen molar-refractivity contribution in [2.75, 3.05) is 12.5 Å². The quantitative estimate of drug-likeness (QED) is 0.243. The van der Waals surface area contributed by atoms with Crippen LogP contribution in [0.2, 0.25) is 0 Å². The van der Waals surface area contributed by atoms with Gasteiger partial charge >= 0.3 is 0 Å². The number of rotatable bonds is 7. The molecule has 0 amide bonds. The van der Waals surface area contributed by atoms with Gasteiger partial charge in [-0.25, -0.2) is 19.6 Å². The molecule has 0 unspecified atom stereocenters. The van der Waals surface area contributed by atoms with Gasteiger partial charge in [0.25, 0.3) is 0 Å². The summed E-state index contributed by atoms with van der Waals surface area (Å²) in [5.74, 6) is 1.36. The first kappa shape index (κ1) is 23.7. The zero-order valence-electron chi connectivity index (χ0n) is 21.9. The number of fused-ring (bicyclic) bond motifs is 2. The third kappa shape index (κ3) is 4.05. The number of aromatic nitrogens is 5. The first-order valence-electron chi connectivity index (χ1n) is 13.1. The average Bonchev–Trinajstić information content (AvgIpc) is 3.58. The van der Waals surface area contributed by atoms with Crippen LogP contribution in [0.1, 0.15) is 5.56 Å². The molecule has 0 aliphatic carbocycles. The molecular formula is C33H26N6O. The number of nitrogens with one attached hydrogen (secondary N) is 1. The molecule has 4 aromatic carbocycles. The van der Waals surface area contributed by atoms with E-state index in [0.29, 0.717) is 17.9 Å². The van der Waals surface area contributed by atoms with Crippen LogP contribution in [0.5, 0.6) is 5.75 Å². The molecule has 0 saturated carbocycles. The van der Waals surface area contributed by atoms with E-state index in [0.717, 1.165) is 44.7 Å². The van der Waals surface area contributed by atoms with E-state index in [1.165, 1.54) is 5.56 Å². The van der Waals surface area contributed by atoms with Gasteiger partial charge in [-0.1, -0.05) is 103 Å². The lowest BCUT2D eigenvalue weighted by atomic mass is 9.98. The van der Waals surface area contributed by atoms with Gasteiger partial charge in [0.05, 0.1) is 25.7 Å². The normalized spacial score (nSPS) is 11.2. The zero-order chi connectivity index (χ0) is 26.9. The van der Waals surface area contributed by atoms with Gasteiger partial charge < -0.3 is 9.30 Å². The molecule has 0 saturated heterocycles. The molecule has 3 heterocycles. The Labute approximate surface area is 231 Å². The first-order valence-corrected chi connectivity index (χ1v) is 13.1. The summed E-state index contributed by atoms with van der Waals surface area (Å²) >= 11 is 0. The second-order valence-electron chi connectivity index (χ2n) is 9.51. The molecule has 0 spiro atoms. The van der Waals surface area contributed by atoms with Crippen molar-refractivity contribution in [3.8, 4) is 28.1 Å². The second-order valence-corrected chi connectivity index (χ2v) is 9.51. The Kier molecular flexibility index (Phi) is 5.94. The Morgan fingerprint density at radius 1 is 0.725 bits per heavy atom. The van der Waals surface area contributed by atoms with Crippen LogP contribution >= 0.6 is 0 Å². The third-order valence-electron chi connectivity index (χ3n) is 7.10. The molecule has 7 rings (SSSR count). The SMILES string of the molecule is COc1cccc2c(-c3ccccc3)c(-c3ccccc3)n(Nc3ncnc4c3ncn4Cc3ccccc3)c12. The van der Waals surface area contributed by atoms with Crippen molar-refractivity contribution < 1.29 is 4.74 Å². The van der Waals surface area contributed by atoms with Crippen LogP contribution < -0.4 is 10.2 Å². The van der Waals surface area contributed by atoms with Gasteiger partial charge in [-0.05, 0) is 17.2 Å². The largest absolute Gasteiger partial charge is 0.494 e. The Balaban J connectivity index is 1.46. The highest BCUT2D eigenvalue weighted by Crippen LogP contribution is 2.43. The highest BCUT2D eigenvalue weighted by Gasteiger charge is 2.24. The van der Waals surface area contributed by atoms with E-state index in [4.69, 9.17) is 9.72 Å². The molecule has 3 aromatic heterocycles. The molecule has 0 aliphatic rings. The number of anilines is 1. The van der Waals surface area contributed by atoms with Crippen LogP contribution in [0.3, 0.4) is 0 Å². The van der Waals surface area contributed by atoms with Crippen molar-refractivity contribution in [1.82, 2.24) is 24.2 Å². The van der Waals surface area contributed by atoms with Crippen LogP contribution in [0.25, 0.3) is 44.5 Å². The lowest BCUT2D eigenvalue weighted by molar-refractivity contribution is 0.418. The zero-order valence-corrected chi connectivity index (χ0v) is 21.9. The predicted octanol–water partition coefficient (Wildman–Crippen LogP) is 7.05. The van der Waals surface area contributed by atoms with Crippen LogP contribution in [-0.4, -0.2) is 31.3 Å². The van der Waals surface area contributed by atoms with Gasteiger partial charge in [-0.15, -0.1) is 0 Å². The van der Waals surface area contributed by atoms with Gasteiger partial charge in [0.1, 0.15) is 17.6 Å². The average molecular weight is 523 g/mol. The van der Waals surface area contributed by atoms with Gasteiger partial charge in [-0.3, -0.25) is 5.43 Å². The van der Waals surface area contributed by atoms with E-state index in [9.17, 15) is 0 Å². The minimum Gasteiger partial charge on any atom is -0.494 e. The molecule has 1 N–H and O–H groups in total. The predicted molar refractivity (Wildman–Crippen MR) is 159 cm³/mol. The highest BCUT2D eigenvalue weighted by atomic mass is 16.5. The fraction of sp³-hybridized carbons (Fsp3) is 0.0606. The van der Waals surface area contributed by atoms with Gasteiger partial charge in [0, 0.05) is 16.5 Å². The van der Waals surface area contributed by atoms with E-state index >= 15 is 0 Å². The minimum atomic E-state index is 0.608. The standard InChI is InChI=1S/C33H26N6O/c1-40-27-19-11-18-26-28(24-14-7-3-8-15-24)30(25-16-9-4-10-17-25)39(31(26)27)37-32-29-33(35-21-34-32)38(22-36-29)20-23-12-5-2-6-13-23/h2-19,21-22H,20H2,1H3,(H,34,35,37). The van der Waals surface area contributed by atoms with Crippen LogP contribution in [0.15, 0.2) is 122 Å². The molecule has 0 fully saturated rings. The lowest BCUT2D eigenvalue weighted by Crippen LogP contribution is -2.13. The fourth-order valence-electron chi connectivity index (χ4n) is 5.31. The van der Waals surface area contributed by atoms with Crippen molar-refractivity contribution in [2.24, 2.45) is 0 Å². The Bertz CT molecular complexity index is 1930. The molecule has 7 heteroatoms. The van der Waals surface area contributed by atoms with Crippen molar-refractivity contribution in [3.05, 3.63) is 127 Å². The van der Waals surface area contributed by atoms with Gasteiger partial charge in [0.15, 0.2) is 17.0 Å². The molecule has 194 valence electrons. The highest BCUT2D eigenvalue weighted by molar-refractivity contribution is 6.07. The maximum absolute atomic E-state index is 5.89. The second kappa shape index (κ2) is 10.0. The Morgan fingerprint density at radius 3 is 2.15 bits per heavy atom. The number of imidazole rings is 1. The number of nitrogens with zero attached hydrogens (tertiary/aromatic N) is 5. The summed E-state index contributed by atoms with van der Waals surface area (Å²) < 4.78 is 10.0. The van der Waals surface area contributed by atoms with E-state index in [1.54, 1.807) is 13.4 Å².